The first-order valence-corrected chi connectivity index (χ1v) is 14.6. The molecule has 43 heavy (non-hydrogen) atoms. The molecule has 0 unspecified atom stereocenters. The number of likely N-dealkylation sites (tertiary alicyclic amines) is 2. The average Bonchev–Trinajstić information content (AvgIpc) is 3.72. The molecular weight excluding hydrogens is 546 g/mol. The zero-order valence-corrected chi connectivity index (χ0v) is 25.6. The summed E-state index contributed by atoms with van der Waals surface area (Å²) in [4.78, 5) is 29.0. The number of carbonyl (C=O) groups is 1. The molecule has 2 aromatic heterocycles. The van der Waals surface area contributed by atoms with Crippen molar-refractivity contribution in [1.29, 1.82) is 0 Å². The number of anilines is 2. The largest absolute Gasteiger partial charge is 0.497 e. The molecule has 4 heterocycles. The molecule has 0 saturated carbocycles. The maximum absolute atomic E-state index is 12.8. The molecule has 0 aliphatic carbocycles. The Kier molecular flexibility index (Phi) is 7.59. The van der Waals surface area contributed by atoms with Gasteiger partial charge in [0.25, 0.3) is 0 Å². The van der Waals surface area contributed by atoms with Crippen molar-refractivity contribution < 1.29 is 19.0 Å². The molecule has 11 nitrogen and oxygen atoms in total. The van der Waals surface area contributed by atoms with Gasteiger partial charge < -0.3 is 24.0 Å². The molecule has 0 spiro atoms. The van der Waals surface area contributed by atoms with Crippen molar-refractivity contribution in [3.05, 3.63) is 55.0 Å². The van der Waals surface area contributed by atoms with Gasteiger partial charge in [-0.1, -0.05) is 0 Å². The number of aromatic nitrogens is 4. The SMILES string of the molecule is COc1cc(OC)cc(N(CCN2C[C@@H]3C[C@H]2CN3C(=O)OC(C)(C)C)c2ccc3ncc(-c4cnn(C)c4)nc3c2)c1. The quantitative estimate of drug-likeness (QED) is 0.287. The van der Waals surface area contributed by atoms with E-state index in [1.165, 1.54) is 0 Å². The summed E-state index contributed by atoms with van der Waals surface area (Å²) in [5.41, 5.74) is 4.74. The summed E-state index contributed by atoms with van der Waals surface area (Å²) >= 11 is 0. The van der Waals surface area contributed by atoms with Gasteiger partial charge in [0.1, 0.15) is 17.1 Å². The zero-order valence-electron chi connectivity index (χ0n) is 25.6. The van der Waals surface area contributed by atoms with Gasteiger partial charge in [0, 0.05) is 86.6 Å². The van der Waals surface area contributed by atoms with Crippen LogP contribution in [0.3, 0.4) is 0 Å². The molecule has 2 bridgehead atoms. The third-order valence-corrected chi connectivity index (χ3v) is 8.08. The summed E-state index contributed by atoms with van der Waals surface area (Å²) in [5, 5.41) is 4.28. The van der Waals surface area contributed by atoms with Gasteiger partial charge in [0.2, 0.25) is 0 Å². The lowest BCUT2D eigenvalue weighted by molar-refractivity contribution is 0.0132. The Morgan fingerprint density at radius 3 is 2.37 bits per heavy atom. The Bertz CT molecular complexity index is 1610. The number of rotatable bonds is 8. The highest BCUT2D eigenvalue weighted by atomic mass is 16.6. The number of carbonyl (C=O) groups excluding carboxylic acids is 1. The van der Waals surface area contributed by atoms with E-state index in [1.54, 1.807) is 31.3 Å². The van der Waals surface area contributed by atoms with Crippen LogP contribution in [-0.4, -0.2) is 93.7 Å². The van der Waals surface area contributed by atoms with Gasteiger partial charge in [0.05, 0.1) is 43.3 Å². The number of amides is 1. The average molecular weight is 586 g/mol. The summed E-state index contributed by atoms with van der Waals surface area (Å²) in [6.45, 7) is 8.78. The fourth-order valence-electron chi connectivity index (χ4n) is 6.01. The molecule has 11 heteroatoms. The number of nitrogens with zero attached hydrogens (tertiary/aromatic N) is 7. The highest BCUT2D eigenvalue weighted by Gasteiger charge is 2.46. The Labute approximate surface area is 252 Å². The zero-order chi connectivity index (χ0) is 30.3. The standard InChI is InChI=1S/C32H39N7O4/c1-32(2,3)43-31(40)39-20-24-11-25(39)19-37(24)9-10-38(23-12-26(41-5)15-27(13-23)42-6)22-7-8-28-29(14-22)35-30(17-33-28)21-16-34-36(4)18-21/h7-8,12-18,24-25H,9-11,19-20H2,1-6H3/t24-,25-/m0/s1. The number of hydrogen-bond acceptors (Lipinski definition) is 9. The molecule has 2 fully saturated rings. The monoisotopic (exact) mass is 585 g/mol. The molecule has 6 rings (SSSR count). The lowest BCUT2D eigenvalue weighted by Gasteiger charge is -2.36. The Morgan fingerprint density at radius 2 is 1.74 bits per heavy atom. The van der Waals surface area contributed by atoms with Crippen molar-refractivity contribution in [2.24, 2.45) is 7.05 Å². The van der Waals surface area contributed by atoms with Crippen molar-refractivity contribution >= 4 is 28.5 Å². The Hall–Kier alpha value is -4.38. The lowest BCUT2D eigenvalue weighted by atomic mass is 10.2. The van der Waals surface area contributed by atoms with Crippen LogP contribution in [0.15, 0.2) is 55.0 Å². The molecule has 2 aliphatic rings. The van der Waals surface area contributed by atoms with Crippen LogP contribution >= 0.6 is 0 Å². The van der Waals surface area contributed by atoms with Crippen LogP contribution in [0, 0.1) is 0 Å². The molecule has 2 aliphatic heterocycles. The van der Waals surface area contributed by atoms with Crippen molar-refractivity contribution in [2.75, 3.05) is 45.3 Å². The van der Waals surface area contributed by atoms with E-state index in [-0.39, 0.29) is 12.1 Å². The molecular formula is C32H39N7O4. The second-order valence-electron chi connectivity index (χ2n) is 12.2. The van der Waals surface area contributed by atoms with Crippen LogP contribution in [-0.2, 0) is 11.8 Å². The number of hydrogen-bond donors (Lipinski definition) is 0. The molecule has 2 saturated heterocycles. The van der Waals surface area contributed by atoms with Gasteiger partial charge in [-0.05, 0) is 45.4 Å². The molecule has 226 valence electrons. The summed E-state index contributed by atoms with van der Waals surface area (Å²) in [7, 11) is 5.20. The third kappa shape index (κ3) is 6.08. The van der Waals surface area contributed by atoms with Gasteiger partial charge in [-0.25, -0.2) is 9.78 Å². The number of benzene rings is 2. The first kappa shape index (κ1) is 28.7. The van der Waals surface area contributed by atoms with E-state index in [0.29, 0.717) is 30.6 Å². The van der Waals surface area contributed by atoms with Crippen molar-refractivity contribution in [1.82, 2.24) is 29.5 Å². The number of fused-ring (bicyclic) bond motifs is 3. The van der Waals surface area contributed by atoms with Crippen LogP contribution in [0.5, 0.6) is 11.5 Å². The fourth-order valence-corrected chi connectivity index (χ4v) is 6.01. The van der Waals surface area contributed by atoms with Crippen LogP contribution in [0.1, 0.15) is 27.2 Å². The van der Waals surface area contributed by atoms with E-state index >= 15 is 0 Å². The van der Waals surface area contributed by atoms with Gasteiger partial charge in [-0.2, -0.15) is 5.10 Å². The highest BCUT2D eigenvalue weighted by Crippen LogP contribution is 2.36. The molecule has 0 radical (unpaired) electrons. The van der Waals surface area contributed by atoms with Crippen LogP contribution < -0.4 is 14.4 Å². The van der Waals surface area contributed by atoms with Gasteiger partial charge in [-0.15, -0.1) is 0 Å². The first-order chi connectivity index (χ1) is 20.6. The second-order valence-corrected chi connectivity index (χ2v) is 12.2. The summed E-state index contributed by atoms with van der Waals surface area (Å²) in [6, 6.07) is 12.6. The maximum Gasteiger partial charge on any atom is 0.410 e. The predicted molar refractivity (Wildman–Crippen MR) is 165 cm³/mol. The topological polar surface area (TPSA) is 98.1 Å². The highest BCUT2D eigenvalue weighted by molar-refractivity contribution is 5.82. The Balaban J connectivity index is 1.27. The number of methoxy groups -OCH3 is 2. The minimum atomic E-state index is -0.500. The number of ether oxygens (including phenoxy) is 3. The molecule has 2 aromatic carbocycles. The summed E-state index contributed by atoms with van der Waals surface area (Å²) in [5.74, 6) is 1.43. The van der Waals surface area contributed by atoms with Gasteiger partial charge >= 0.3 is 6.09 Å². The molecule has 4 aromatic rings. The van der Waals surface area contributed by atoms with E-state index in [1.807, 2.05) is 63.2 Å². The first-order valence-electron chi connectivity index (χ1n) is 14.6. The number of aryl methyl sites for hydroxylation is 1. The van der Waals surface area contributed by atoms with Crippen LogP contribution in [0.25, 0.3) is 22.3 Å². The minimum absolute atomic E-state index is 0.173. The summed E-state index contributed by atoms with van der Waals surface area (Å²) in [6.07, 6.45) is 6.26. The lowest BCUT2D eigenvalue weighted by Crippen LogP contribution is -2.51. The van der Waals surface area contributed by atoms with E-state index in [9.17, 15) is 4.79 Å². The second kappa shape index (κ2) is 11.4. The predicted octanol–water partition coefficient (Wildman–Crippen LogP) is 4.88. The fraction of sp³-hybridized carbons (Fsp3) is 0.438. The molecule has 1 amide bonds. The third-order valence-electron chi connectivity index (χ3n) is 8.08. The van der Waals surface area contributed by atoms with Crippen LogP contribution in [0.2, 0.25) is 0 Å². The minimum Gasteiger partial charge on any atom is -0.497 e. The van der Waals surface area contributed by atoms with Gasteiger partial charge in [0.15, 0.2) is 0 Å². The van der Waals surface area contributed by atoms with Gasteiger partial charge in [-0.3, -0.25) is 14.6 Å². The normalized spacial score (nSPS) is 18.3. The van der Waals surface area contributed by atoms with E-state index in [4.69, 9.17) is 19.2 Å². The summed E-state index contributed by atoms with van der Waals surface area (Å²) < 4.78 is 18.6. The Morgan fingerprint density at radius 1 is 0.977 bits per heavy atom. The maximum atomic E-state index is 12.8. The van der Waals surface area contributed by atoms with E-state index in [0.717, 1.165) is 53.2 Å². The van der Waals surface area contributed by atoms with E-state index < -0.39 is 5.60 Å². The molecule has 0 N–H and O–H groups in total. The molecule has 2 atom stereocenters. The number of piperazine rings is 1. The van der Waals surface area contributed by atoms with Crippen molar-refractivity contribution in [2.45, 2.75) is 44.9 Å². The smallest absolute Gasteiger partial charge is 0.410 e. The van der Waals surface area contributed by atoms with E-state index in [2.05, 4.69) is 32.0 Å². The van der Waals surface area contributed by atoms with Crippen molar-refractivity contribution in [3.63, 3.8) is 0 Å². The van der Waals surface area contributed by atoms with Crippen LogP contribution in [0.4, 0.5) is 16.2 Å². The van der Waals surface area contributed by atoms with Crippen molar-refractivity contribution in [3.8, 4) is 22.8 Å².